The lowest BCUT2D eigenvalue weighted by Crippen LogP contribution is -2.35. The summed E-state index contributed by atoms with van der Waals surface area (Å²) < 4.78 is 10.2. The highest BCUT2D eigenvalue weighted by molar-refractivity contribution is 5.31. The first-order valence-corrected chi connectivity index (χ1v) is 6.94. The molecule has 102 valence electrons. The Balaban J connectivity index is 1.81. The predicted molar refractivity (Wildman–Crippen MR) is 70.0 cm³/mol. The molecule has 0 radical (unpaired) electrons. The van der Waals surface area contributed by atoms with Gasteiger partial charge < -0.3 is 4.74 Å². The van der Waals surface area contributed by atoms with Gasteiger partial charge in [0.05, 0.1) is 17.8 Å². The van der Waals surface area contributed by atoms with Crippen molar-refractivity contribution in [3.63, 3.8) is 0 Å². The molecule has 1 aromatic carbocycles. The maximum atomic E-state index is 12.6. The van der Waals surface area contributed by atoms with E-state index in [-0.39, 0.29) is 29.8 Å². The highest BCUT2D eigenvalue weighted by Gasteiger charge is 2.59. The van der Waals surface area contributed by atoms with E-state index < -0.39 is 0 Å². The summed E-state index contributed by atoms with van der Waals surface area (Å²) in [5.74, 6) is 0.297. The molecule has 0 amide bonds. The summed E-state index contributed by atoms with van der Waals surface area (Å²) in [6.07, 6.45) is 1.89. The molecule has 2 fully saturated rings. The second kappa shape index (κ2) is 3.32. The molecule has 2 aromatic rings. The molecule has 3 heterocycles. The summed E-state index contributed by atoms with van der Waals surface area (Å²) >= 11 is 0. The highest BCUT2D eigenvalue weighted by atomic mass is 16.5. The molecular formula is C14H13N3O3. The Labute approximate surface area is 113 Å². The SMILES string of the molecule is O=c1n(-c2ccccc2)c(=O)n2n1[C@@H]1[C@@H]3CC[C@@H]1O[C@H]32. The molecule has 20 heavy (non-hydrogen) atoms. The molecule has 3 aliphatic rings. The zero-order valence-electron chi connectivity index (χ0n) is 10.7. The number of fused-ring (bicyclic) bond motifs is 2. The quantitative estimate of drug-likeness (QED) is 0.765. The van der Waals surface area contributed by atoms with Crippen LogP contribution in [0.2, 0.25) is 0 Å². The molecule has 5 rings (SSSR count). The van der Waals surface area contributed by atoms with Gasteiger partial charge in [-0.1, -0.05) is 18.2 Å². The minimum Gasteiger partial charge on any atom is -0.351 e. The van der Waals surface area contributed by atoms with E-state index in [1.165, 1.54) is 9.25 Å². The number of rotatable bonds is 1. The van der Waals surface area contributed by atoms with E-state index in [0.29, 0.717) is 11.6 Å². The van der Waals surface area contributed by atoms with Crippen LogP contribution in [0.25, 0.3) is 5.69 Å². The van der Waals surface area contributed by atoms with Crippen LogP contribution in [-0.4, -0.2) is 20.0 Å². The maximum Gasteiger partial charge on any atom is 0.354 e. The number of para-hydroxylation sites is 1. The third-order valence-corrected chi connectivity index (χ3v) is 4.83. The maximum absolute atomic E-state index is 12.6. The lowest BCUT2D eigenvalue weighted by molar-refractivity contribution is -0.0717. The van der Waals surface area contributed by atoms with Gasteiger partial charge in [-0.3, -0.25) is 0 Å². The average molecular weight is 271 g/mol. The molecule has 0 spiro atoms. The standard InChI is InChI=1S/C14H13N3O3/c18-13-15(8-4-2-1-3-5-8)14(19)17-12-9-6-7-10(20-12)11(9)16(13)17/h1-5,9-12H,6-7H2/t9-,10-,11+,12+/m0/s1. The predicted octanol–water partition coefficient (Wildman–Crippen LogP) is 0.663. The van der Waals surface area contributed by atoms with Gasteiger partial charge in [0.25, 0.3) is 0 Å². The van der Waals surface area contributed by atoms with Crippen LogP contribution in [-0.2, 0) is 4.74 Å². The second-order valence-corrected chi connectivity index (χ2v) is 5.72. The molecule has 1 saturated heterocycles. The first kappa shape index (κ1) is 10.7. The Hall–Kier alpha value is -2.08. The summed E-state index contributed by atoms with van der Waals surface area (Å²) in [4.78, 5) is 25.2. The molecule has 2 aliphatic heterocycles. The van der Waals surface area contributed by atoms with E-state index in [9.17, 15) is 9.59 Å². The number of benzene rings is 1. The Morgan fingerprint density at radius 1 is 1.00 bits per heavy atom. The third kappa shape index (κ3) is 1.02. The van der Waals surface area contributed by atoms with E-state index in [1.54, 1.807) is 16.8 Å². The molecule has 0 N–H and O–H groups in total. The number of aromatic nitrogens is 3. The van der Waals surface area contributed by atoms with Gasteiger partial charge in [-0.2, -0.15) is 0 Å². The second-order valence-electron chi connectivity index (χ2n) is 5.72. The van der Waals surface area contributed by atoms with Gasteiger partial charge in [0.1, 0.15) is 0 Å². The number of ether oxygens (including phenoxy) is 1. The van der Waals surface area contributed by atoms with Gasteiger partial charge in [-0.05, 0) is 25.0 Å². The van der Waals surface area contributed by atoms with Crippen molar-refractivity contribution in [1.29, 1.82) is 0 Å². The molecule has 1 saturated carbocycles. The Bertz CT molecular complexity index is 816. The molecule has 1 aromatic heterocycles. The third-order valence-electron chi connectivity index (χ3n) is 4.83. The van der Waals surface area contributed by atoms with E-state index in [0.717, 1.165) is 12.8 Å². The van der Waals surface area contributed by atoms with Crippen LogP contribution in [0.4, 0.5) is 0 Å². The van der Waals surface area contributed by atoms with E-state index in [4.69, 9.17) is 4.74 Å². The topological polar surface area (TPSA) is 58.2 Å². The fourth-order valence-electron chi connectivity index (χ4n) is 4.06. The van der Waals surface area contributed by atoms with Gasteiger partial charge in [0.15, 0.2) is 6.23 Å². The molecule has 4 bridgehead atoms. The van der Waals surface area contributed by atoms with E-state index in [1.807, 2.05) is 18.2 Å². The molecule has 6 heteroatoms. The van der Waals surface area contributed by atoms with Crippen molar-refractivity contribution < 1.29 is 4.74 Å². The van der Waals surface area contributed by atoms with E-state index in [2.05, 4.69) is 0 Å². The summed E-state index contributed by atoms with van der Waals surface area (Å²) in [5, 5.41) is 0. The van der Waals surface area contributed by atoms with Crippen LogP contribution >= 0.6 is 0 Å². The van der Waals surface area contributed by atoms with Crippen molar-refractivity contribution in [2.75, 3.05) is 0 Å². The summed E-state index contributed by atoms with van der Waals surface area (Å²) in [7, 11) is 0. The first-order chi connectivity index (χ1) is 9.77. The molecule has 0 unspecified atom stereocenters. The van der Waals surface area contributed by atoms with Crippen LogP contribution in [0.15, 0.2) is 39.9 Å². The lowest BCUT2D eigenvalue weighted by Gasteiger charge is -2.24. The fourth-order valence-corrected chi connectivity index (χ4v) is 4.06. The van der Waals surface area contributed by atoms with Crippen LogP contribution < -0.4 is 11.4 Å². The summed E-state index contributed by atoms with van der Waals surface area (Å²) in [6, 6.07) is 9.10. The Morgan fingerprint density at radius 3 is 2.55 bits per heavy atom. The van der Waals surface area contributed by atoms with E-state index >= 15 is 0 Å². The van der Waals surface area contributed by atoms with Crippen molar-refractivity contribution in [3.8, 4) is 5.69 Å². The van der Waals surface area contributed by atoms with Crippen LogP contribution in [0.3, 0.4) is 0 Å². The summed E-state index contributed by atoms with van der Waals surface area (Å²) in [5.41, 5.74) is 0.0802. The minimum atomic E-state index is -0.293. The van der Waals surface area contributed by atoms with Crippen molar-refractivity contribution in [3.05, 3.63) is 51.3 Å². The lowest BCUT2D eigenvalue weighted by atomic mass is 10.1. The zero-order valence-corrected chi connectivity index (χ0v) is 10.7. The fraction of sp³-hybridized carbons (Fsp3) is 0.429. The zero-order chi connectivity index (χ0) is 13.4. The van der Waals surface area contributed by atoms with Crippen molar-refractivity contribution in [2.24, 2.45) is 5.92 Å². The van der Waals surface area contributed by atoms with Gasteiger partial charge in [-0.15, -0.1) is 0 Å². The molecule has 4 atom stereocenters. The number of hydrogen-bond donors (Lipinski definition) is 0. The van der Waals surface area contributed by atoms with Gasteiger partial charge in [-0.25, -0.2) is 23.5 Å². The molecule has 1 aliphatic carbocycles. The van der Waals surface area contributed by atoms with Gasteiger partial charge in [0.2, 0.25) is 0 Å². The average Bonchev–Trinajstić information content (AvgIpc) is 3.17. The molecular weight excluding hydrogens is 258 g/mol. The van der Waals surface area contributed by atoms with Gasteiger partial charge >= 0.3 is 11.4 Å². The molecule has 6 nitrogen and oxygen atoms in total. The smallest absolute Gasteiger partial charge is 0.351 e. The Morgan fingerprint density at radius 2 is 1.75 bits per heavy atom. The minimum absolute atomic E-state index is 0.0464. The van der Waals surface area contributed by atoms with Crippen LogP contribution in [0.1, 0.15) is 25.1 Å². The first-order valence-electron chi connectivity index (χ1n) is 6.94. The largest absolute Gasteiger partial charge is 0.354 e. The van der Waals surface area contributed by atoms with Crippen molar-refractivity contribution in [2.45, 2.75) is 31.2 Å². The monoisotopic (exact) mass is 271 g/mol. The number of nitrogens with zero attached hydrogens (tertiary/aromatic N) is 3. The normalized spacial score (nSPS) is 32.8. The van der Waals surface area contributed by atoms with Crippen LogP contribution in [0, 0.1) is 5.92 Å². The van der Waals surface area contributed by atoms with Gasteiger partial charge in [0, 0.05) is 5.92 Å². The van der Waals surface area contributed by atoms with Crippen molar-refractivity contribution in [1.82, 2.24) is 13.9 Å². The highest BCUT2D eigenvalue weighted by Crippen LogP contribution is 2.55. The number of hydrogen-bond acceptors (Lipinski definition) is 3. The Kier molecular flexibility index (Phi) is 1.77. The van der Waals surface area contributed by atoms with Crippen molar-refractivity contribution >= 4 is 0 Å². The van der Waals surface area contributed by atoms with Crippen LogP contribution in [0.5, 0.6) is 0 Å². The summed E-state index contributed by atoms with van der Waals surface area (Å²) in [6.45, 7) is 0.